The van der Waals surface area contributed by atoms with E-state index in [0.29, 0.717) is 12.8 Å². The molecule has 0 saturated heterocycles. The van der Waals surface area contributed by atoms with Crippen molar-refractivity contribution in [2.24, 2.45) is 11.8 Å². The first-order valence-corrected chi connectivity index (χ1v) is 4.55. The average molecular weight is 201 g/mol. The minimum absolute atomic E-state index is 0.0669. The molecule has 2 atom stereocenters. The van der Waals surface area contributed by atoms with Gasteiger partial charge in [0.25, 0.3) is 0 Å². The van der Waals surface area contributed by atoms with E-state index in [1.54, 1.807) is 0 Å². The Kier molecular flexibility index (Phi) is 3.10. The van der Waals surface area contributed by atoms with Crippen molar-refractivity contribution in [2.45, 2.75) is 18.9 Å². The van der Waals surface area contributed by atoms with E-state index in [0.717, 1.165) is 0 Å². The zero-order chi connectivity index (χ0) is 10.9. The lowest BCUT2D eigenvalue weighted by Crippen LogP contribution is -2.25. The summed E-state index contributed by atoms with van der Waals surface area (Å²) in [5.74, 6) is -3.47. The fraction of sp³-hybridized carbons (Fsp3) is 0.778. The van der Waals surface area contributed by atoms with E-state index in [1.807, 2.05) is 19.0 Å². The molecule has 1 aliphatic rings. The molecule has 0 aliphatic heterocycles. The smallest absolute Gasteiger partial charge is 0.307 e. The van der Waals surface area contributed by atoms with Crippen LogP contribution in [-0.4, -0.2) is 47.2 Å². The lowest BCUT2D eigenvalue weighted by Gasteiger charge is -2.17. The number of carbonyl (C=O) groups is 2. The van der Waals surface area contributed by atoms with Gasteiger partial charge in [-0.05, 0) is 26.9 Å². The molecule has 1 aliphatic carbocycles. The zero-order valence-corrected chi connectivity index (χ0v) is 8.30. The van der Waals surface area contributed by atoms with E-state index in [-0.39, 0.29) is 6.04 Å². The van der Waals surface area contributed by atoms with E-state index in [2.05, 4.69) is 0 Å². The molecule has 0 bridgehead atoms. The number of rotatable bonds is 3. The van der Waals surface area contributed by atoms with Crippen LogP contribution in [0, 0.1) is 11.8 Å². The van der Waals surface area contributed by atoms with Gasteiger partial charge in [-0.2, -0.15) is 0 Å². The molecule has 0 aromatic heterocycles. The molecule has 1 saturated carbocycles. The molecule has 2 N–H and O–H groups in total. The summed E-state index contributed by atoms with van der Waals surface area (Å²) in [6.07, 6.45) is 0.860. The number of aliphatic carboxylic acids is 2. The van der Waals surface area contributed by atoms with Gasteiger partial charge in [0.05, 0.1) is 11.8 Å². The molecule has 14 heavy (non-hydrogen) atoms. The lowest BCUT2D eigenvalue weighted by molar-refractivity contribution is -0.152. The largest absolute Gasteiger partial charge is 0.481 e. The number of hydrogen-bond acceptors (Lipinski definition) is 3. The highest BCUT2D eigenvalue weighted by Crippen LogP contribution is 2.34. The van der Waals surface area contributed by atoms with Crippen LogP contribution in [0.4, 0.5) is 0 Å². The van der Waals surface area contributed by atoms with Gasteiger partial charge < -0.3 is 15.1 Å². The first-order chi connectivity index (χ1) is 6.43. The minimum Gasteiger partial charge on any atom is -0.481 e. The van der Waals surface area contributed by atoms with Crippen molar-refractivity contribution in [3.05, 3.63) is 0 Å². The van der Waals surface area contributed by atoms with Crippen LogP contribution < -0.4 is 0 Å². The second-order valence-electron chi connectivity index (χ2n) is 3.98. The highest BCUT2D eigenvalue weighted by atomic mass is 16.4. The molecule has 0 heterocycles. The van der Waals surface area contributed by atoms with Crippen molar-refractivity contribution in [2.75, 3.05) is 14.1 Å². The van der Waals surface area contributed by atoms with Gasteiger partial charge in [0.1, 0.15) is 0 Å². The zero-order valence-electron chi connectivity index (χ0n) is 8.30. The normalized spacial score (nSPS) is 32.1. The molecule has 5 heteroatoms. The standard InChI is InChI=1S/C9H15NO4/c1-10(2)5-3-6(8(11)12)7(4-5)9(13)14/h5-7H,3-4H2,1-2H3,(H,11,12)(H,13,14). The Morgan fingerprint density at radius 3 is 1.64 bits per heavy atom. The van der Waals surface area contributed by atoms with Gasteiger partial charge in [0.2, 0.25) is 0 Å². The van der Waals surface area contributed by atoms with Gasteiger partial charge in [0.15, 0.2) is 0 Å². The highest BCUT2D eigenvalue weighted by Gasteiger charge is 2.43. The number of hydrogen-bond donors (Lipinski definition) is 2. The van der Waals surface area contributed by atoms with Gasteiger partial charge in [-0.25, -0.2) is 0 Å². The molecule has 0 spiro atoms. The second-order valence-corrected chi connectivity index (χ2v) is 3.98. The summed E-state index contributed by atoms with van der Waals surface area (Å²) in [5, 5.41) is 17.7. The van der Waals surface area contributed by atoms with Crippen LogP contribution in [0.1, 0.15) is 12.8 Å². The highest BCUT2D eigenvalue weighted by molar-refractivity contribution is 5.80. The third kappa shape index (κ3) is 2.04. The Bertz CT molecular complexity index is 229. The monoisotopic (exact) mass is 201 g/mol. The summed E-state index contributed by atoms with van der Waals surface area (Å²) in [5.41, 5.74) is 0. The van der Waals surface area contributed by atoms with Crippen molar-refractivity contribution < 1.29 is 19.8 Å². The fourth-order valence-corrected chi connectivity index (χ4v) is 1.98. The fourth-order valence-electron chi connectivity index (χ4n) is 1.98. The van der Waals surface area contributed by atoms with E-state index in [1.165, 1.54) is 0 Å². The molecule has 1 rings (SSSR count). The van der Waals surface area contributed by atoms with Crippen molar-refractivity contribution in [3.8, 4) is 0 Å². The molecule has 80 valence electrons. The molecule has 0 aromatic carbocycles. The first kappa shape index (κ1) is 11.0. The van der Waals surface area contributed by atoms with E-state index < -0.39 is 23.8 Å². The Balaban J connectivity index is 2.75. The Morgan fingerprint density at radius 1 is 1.07 bits per heavy atom. The van der Waals surface area contributed by atoms with Crippen molar-refractivity contribution in [1.82, 2.24) is 4.90 Å². The summed E-state index contributed by atoms with van der Waals surface area (Å²) >= 11 is 0. The Labute approximate surface area is 82.3 Å². The molecule has 5 nitrogen and oxygen atoms in total. The topological polar surface area (TPSA) is 77.8 Å². The summed E-state index contributed by atoms with van der Waals surface area (Å²) in [6, 6.07) is 0.0669. The predicted octanol–water partition coefficient (Wildman–Crippen LogP) is 0.112. The molecule has 0 radical (unpaired) electrons. The average Bonchev–Trinajstić information content (AvgIpc) is 2.47. The van der Waals surface area contributed by atoms with Crippen LogP contribution in [0.5, 0.6) is 0 Å². The summed E-state index contributed by atoms with van der Waals surface area (Å²) in [7, 11) is 3.68. The Hall–Kier alpha value is -1.10. The molecule has 2 unspecified atom stereocenters. The van der Waals surface area contributed by atoms with E-state index in [4.69, 9.17) is 10.2 Å². The molecule has 1 fully saturated rings. The molecular formula is C9H15NO4. The van der Waals surface area contributed by atoms with Gasteiger partial charge >= 0.3 is 11.9 Å². The van der Waals surface area contributed by atoms with Crippen LogP contribution in [-0.2, 0) is 9.59 Å². The van der Waals surface area contributed by atoms with Gasteiger partial charge in [-0.15, -0.1) is 0 Å². The van der Waals surface area contributed by atoms with Gasteiger partial charge in [-0.1, -0.05) is 0 Å². The maximum absolute atomic E-state index is 10.8. The third-order valence-electron chi connectivity index (χ3n) is 2.90. The number of nitrogens with zero attached hydrogens (tertiary/aromatic N) is 1. The van der Waals surface area contributed by atoms with Crippen molar-refractivity contribution in [3.63, 3.8) is 0 Å². The SMILES string of the molecule is CN(C)C1CC(C(=O)O)C(C(=O)O)C1. The second kappa shape index (κ2) is 3.96. The van der Waals surface area contributed by atoms with Gasteiger partial charge in [0, 0.05) is 6.04 Å². The van der Waals surface area contributed by atoms with Crippen LogP contribution in [0.15, 0.2) is 0 Å². The Morgan fingerprint density at radius 2 is 1.43 bits per heavy atom. The molecular weight excluding hydrogens is 186 g/mol. The summed E-state index contributed by atoms with van der Waals surface area (Å²) in [4.78, 5) is 23.5. The molecule has 0 aromatic rings. The molecule has 0 amide bonds. The maximum Gasteiger partial charge on any atom is 0.307 e. The summed E-state index contributed by atoms with van der Waals surface area (Å²) < 4.78 is 0. The first-order valence-electron chi connectivity index (χ1n) is 4.55. The summed E-state index contributed by atoms with van der Waals surface area (Å²) in [6.45, 7) is 0. The van der Waals surface area contributed by atoms with Crippen LogP contribution >= 0.6 is 0 Å². The predicted molar refractivity (Wildman–Crippen MR) is 49.0 cm³/mol. The van der Waals surface area contributed by atoms with Crippen LogP contribution in [0.3, 0.4) is 0 Å². The van der Waals surface area contributed by atoms with Crippen LogP contribution in [0.2, 0.25) is 0 Å². The quantitative estimate of drug-likeness (QED) is 0.677. The van der Waals surface area contributed by atoms with Crippen LogP contribution in [0.25, 0.3) is 0 Å². The maximum atomic E-state index is 10.8. The van der Waals surface area contributed by atoms with Gasteiger partial charge in [-0.3, -0.25) is 9.59 Å². The van der Waals surface area contributed by atoms with E-state index in [9.17, 15) is 9.59 Å². The lowest BCUT2D eigenvalue weighted by atomic mass is 9.97. The van der Waals surface area contributed by atoms with E-state index >= 15 is 0 Å². The van der Waals surface area contributed by atoms with Crippen molar-refractivity contribution >= 4 is 11.9 Å². The van der Waals surface area contributed by atoms with Crippen molar-refractivity contribution in [1.29, 1.82) is 0 Å². The minimum atomic E-state index is -0.998. The number of carboxylic acid groups (broad SMARTS) is 2. The number of carboxylic acids is 2. The third-order valence-corrected chi connectivity index (χ3v) is 2.90.